The van der Waals surface area contributed by atoms with Gasteiger partial charge in [-0.15, -0.1) is 0 Å². The molecule has 8 nitrogen and oxygen atoms in total. The Morgan fingerprint density at radius 2 is 1.81 bits per heavy atom. The molecule has 0 radical (unpaired) electrons. The summed E-state index contributed by atoms with van der Waals surface area (Å²) in [6, 6.07) is 13.3. The maximum atomic E-state index is 12.3. The van der Waals surface area contributed by atoms with Crippen LogP contribution in [0, 0.1) is 11.3 Å². The Hall–Kier alpha value is -3.25. The van der Waals surface area contributed by atoms with Crippen molar-refractivity contribution in [2.75, 3.05) is 40.2 Å². The van der Waals surface area contributed by atoms with Crippen LogP contribution >= 0.6 is 0 Å². The molecule has 0 spiro atoms. The fraction of sp³-hybridized carbons (Fsp3) is 0.391. The molecule has 0 aliphatic carbocycles. The van der Waals surface area contributed by atoms with E-state index >= 15 is 0 Å². The Labute approximate surface area is 189 Å². The third-order valence-electron chi connectivity index (χ3n) is 4.65. The molecule has 172 valence electrons. The highest BCUT2D eigenvalue weighted by Gasteiger charge is 2.11. The molecule has 2 aromatic carbocycles. The summed E-state index contributed by atoms with van der Waals surface area (Å²) in [7, 11) is -0.0386. The van der Waals surface area contributed by atoms with Crippen molar-refractivity contribution in [1.29, 1.82) is 5.26 Å². The van der Waals surface area contributed by atoms with Crippen molar-refractivity contribution >= 4 is 15.7 Å². The van der Waals surface area contributed by atoms with Gasteiger partial charge in [0.1, 0.15) is 5.75 Å². The van der Waals surface area contributed by atoms with Crippen LogP contribution in [0.15, 0.2) is 47.4 Å². The van der Waals surface area contributed by atoms with Crippen molar-refractivity contribution in [2.24, 2.45) is 0 Å². The molecule has 2 aromatic rings. The molecule has 9 heteroatoms. The highest BCUT2D eigenvalue weighted by Crippen LogP contribution is 2.28. The molecule has 0 saturated heterocycles. The number of ether oxygens (including phenoxy) is 3. The first kappa shape index (κ1) is 25.0. The minimum Gasteiger partial charge on any atom is -0.493 e. The van der Waals surface area contributed by atoms with Crippen LogP contribution in [0.3, 0.4) is 0 Å². The normalized spacial score (nSPS) is 10.8. The van der Waals surface area contributed by atoms with Crippen molar-refractivity contribution in [3.05, 3.63) is 48.0 Å². The van der Waals surface area contributed by atoms with Crippen LogP contribution in [0.2, 0.25) is 0 Å². The van der Waals surface area contributed by atoms with Crippen molar-refractivity contribution in [3.63, 3.8) is 0 Å². The van der Waals surface area contributed by atoms with Gasteiger partial charge in [-0.3, -0.25) is 4.79 Å². The van der Waals surface area contributed by atoms with Crippen molar-refractivity contribution in [1.82, 2.24) is 4.90 Å². The molecule has 0 bridgehead atoms. The van der Waals surface area contributed by atoms with Crippen molar-refractivity contribution in [2.45, 2.75) is 24.2 Å². The van der Waals surface area contributed by atoms with Crippen molar-refractivity contribution < 1.29 is 27.4 Å². The molecule has 0 saturated carbocycles. The van der Waals surface area contributed by atoms with Crippen LogP contribution in [0.5, 0.6) is 17.2 Å². The largest absolute Gasteiger partial charge is 0.493 e. The van der Waals surface area contributed by atoms with E-state index in [4.69, 9.17) is 19.5 Å². The molecule has 0 aromatic heterocycles. The number of carbonyl (C=O) groups is 1. The first-order valence-corrected chi connectivity index (χ1v) is 12.0. The minimum absolute atomic E-state index is 0.000493. The Kier molecular flexibility index (Phi) is 9.35. The Morgan fingerprint density at radius 1 is 1.06 bits per heavy atom. The van der Waals surface area contributed by atoms with E-state index < -0.39 is 9.84 Å². The van der Waals surface area contributed by atoms with Gasteiger partial charge in [0.25, 0.3) is 0 Å². The molecular weight excluding hydrogens is 432 g/mol. The Bertz CT molecular complexity index is 1060. The van der Waals surface area contributed by atoms with Crippen LogP contribution in [0.25, 0.3) is 0 Å². The topological polar surface area (TPSA) is 106 Å². The molecule has 0 aliphatic rings. The number of amides is 1. The summed E-state index contributed by atoms with van der Waals surface area (Å²) in [6.07, 6.45) is 2.65. The molecule has 2 rings (SSSR count). The maximum absolute atomic E-state index is 12.3. The van der Waals surface area contributed by atoms with E-state index in [0.717, 1.165) is 6.26 Å². The number of methoxy groups -OCH3 is 1. The molecule has 0 N–H and O–H groups in total. The highest BCUT2D eigenvalue weighted by molar-refractivity contribution is 7.90. The third kappa shape index (κ3) is 7.78. The van der Waals surface area contributed by atoms with Gasteiger partial charge >= 0.3 is 0 Å². The maximum Gasteiger partial charge on any atom is 0.222 e. The van der Waals surface area contributed by atoms with E-state index in [9.17, 15) is 13.2 Å². The zero-order chi connectivity index (χ0) is 23.6. The van der Waals surface area contributed by atoms with E-state index in [2.05, 4.69) is 0 Å². The highest BCUT2D eigenvalue weighted by atomic mass is 32.2. The summed E-state index contributed by atoms with van der Waals surface area (Å²) in [5.74, 6) is 1.50. The fourth-order valence-corrected chi connectivity index (χ4v) is 3.52. The van der Waals surface area contributed by atoms with Gasteiger partial charge in [-0.05, 0) is 43.2 Å². The molecule has 0 fully saturated rings. The number of benzene rings is 2. The van der Waals surface area contributed by atoms with Crippen LogP contribution < -0.4 is 14.2 Å². The lowest BCUT2D eigenvalue weighted by atomic mass is 10.2. The summed E-state index contributed by atoms with van der Waals surface area (Å²) >= 11 is 0. The Balaban J connectivity index is 1.68. The summed E-state index contributed by atoms with van der Waals surface area (Å²) in [6.45, 7) is 1.24. The van der Waals surface area contributed by atoms with Crippen LogP contribution in [0.4, 0.5) is 0 Å². The molecule has 0 unspecified atom stereocenters. The zero-order valence-electron chi connectivity index (χ0n) is 18.5. The number of nitriles is 1. The summed E-state index contributed by atoms with van der Waals surface area (Å²) in [4.78, 5) is 14.1. The number of sulfone groups is 1. The number of hydrogen-bond acceptors (Lipinski definition) is 7. The summed E-state index contributed by atoms with van der Waals surface area (Å²) < 4.78 is 39.7. The van der Waals surface area contributed by atoms with E-state index in [0.29, 0.717) is 61.8 Å². The number of carbonyl (C=O) groups excluding carboxylic acids is 1. The summed E-state index contributed by atoms with van der Waals surface area (Å²) in [5.41, 5.74) is 0.484. The Morgan fingerprint density at radius 3 is 2.50 bits per heavy atom. The lowest BCUT2D eigenvalue weighted by Crippen LogP contribution is -2.28. The monoisotopic (exact) mass is 460 g/mol. The lowest BCUT2D eigenvalue weighted by molar-refractivity contribution is -0.130. The lowest BCUT2D eigenvalue weighted by Gasteiger charge is -2.17. The van der Waals surface area contributed by atoms with Gasteiger partial charge in [0.15, 0.2) is 21.3 Å². The van der Waals surface area contributed by atoms with Gasteiger partial charge < -0.3 is 19.1 Å². The summed E-state index contributed by atoms with van der Waals surface area (Å²) in [5, 5.41) is 8.93. The molecule has 0 atom stereocenters. The minimum atomic E-state index is -3.28. The van der Waals surface area contributed by atoms with E-state index in [-0.39, 0.29) is 10.8 Å². The van der Waals surface area contributed by atoms with Gasteiger partial charge in [0.05, 0.1) is 36.9 Å². The van der Waals surface area contributed by atoms with Crippen LogP contribution in [-0.2, 0) is 14.6 Å². The van der Waals surface area contributed by atoms with Gasteiger partial charge in [0, 0.05) is 32.3 Å². The predicted octanol–water partition coefficient (Wildman–Crippen LogP) is 3.06. The van der Waals surface area contributed by atoms with Crippen molar-refractivity contribution in [3.8, 4) is 23.3 Å². The predicted molar refractivity (Wildman–Crippen MR) is 120 cm³/mol. The number of nitrogens with zero attached hydrogens (tertiary/aromatic N) is 2. The standard InChI is InChI=1S/C23H28N2O6S/c1-25(12-6-14-30-19-7-4-8-20(16-19)32(3,27)28)23(26)9-5-13-31-21-11-10-18(17-24)15-22(21)29-2/h4,7-8,10-11,15-16H,5-6,9,12-14H2,1-3H3. The van der Waals surface area contributed by atoms with E-state index in [1.165, 1.54) is 19.2 Å². The molecule has 1 amide bonds. The number of hydrogen-bond donors (Lipinski definition) is 0. The SMILES string of the molecule is COc1cc(C#N)ccc1OCCCC(=O)N(C)CCCOc1cccc(S(C)(=O)=O)c1. The average molecular weight is 461 g/mol. The van der Waals surface area contributed by atoms with Gasteiger partial charge in [0.2, 0.25) is 5.91 Å². The zero-order valence-corrected chi connectivity index (χ0v) is 19.4. The smallest absolute Gasteiger partial charge is 0.222 e. The molecule has 32 heavy (non-hydrogen) atoms. The molecular formula is C23H28N2O6S. The van der Waals surface area contributed by atoms with Crippen LogP contribution in [0.1, 0.15) is 24.8 Å². The van der Waals surface area contributed by atoms with Gasteiger partial charge in [-0.25, -0.2) is 8.42 Å². The van der Waals surface area contributed by atoms with Crippen LogP contribution in [-0.4, -0.2) is 59.4 Å². The van der Waals surface area contributed by atoms with E-state index in [1.54, 1.807) is 42.3 Å². The van der Waals surface area contributed by atoms with E-state index in [1.807, 2.05) is 6.07 Å². The second-order valence-electron chi connectivity index (χ2n) is 7.19. The number of rotatable bonds is 12. The third-order valence-corrected chi connectivity index (χ3v) is 5.76. The van der Waals surface area contributed by atoms with Gasteiger partial charge in [-0.1, -0.05) is 6.07 Å². The second kappa shape index (κ2) is 12.0. The average Bonchev–Trinajstić information content (AvgIpc) is 2.78. The second-order valence-corrected chi connectivity index (χ2v) is 9.21. The quantitative estimate of drug-likeness (QED) is 0.448. The first-order chi connectivity index (χ1) is 15.2. The van der Waals surface area contributed by atoms with Gasteiger partial charge in [-0.2, -0.15) is 5.26 Å². The first-order valence-electron chi connectivity index (χ1n) is 10.1. The molecule has 0 aliphatic heterocycles. The molecule has 0 heterocycles. The fourth-order valence-electron chi connectivity index (χ4n) is 2.86.